The van der Waals surface area contributed by atoms with Gasteiger partial charge in [-0.2, -0.15) is 0 Å². The minimum absolute atomic E-state index is 0.00267. The zero-order chi connectivity index (χ0) is 19.2. The maximum absolute atomic E-state index is 12.0. The molecule has 6 nitrogen and oxygen atoms in total. The molecule has 2 heterocycles. The van der Waals surface area contributed by atoms with Crippen molar-refractivity contribution in [1.82, 2.24) is 4.98 Å². The summed E-state index contributed by atoms with van der Waals surface area (Å²) in [6, 6.07) is 11.2. The molecule has 140 valence electrons. The van der Waals surface area contributed by atoms with E-state index in [9.17, 15) is 14.7 Å². The van der Waals surface area contributed by atoms with Gasteiger partial charge in [0.25, 0.3) is 0 Å². The number of furan rings is 1. The number of aromatic nitrogens is 1. The summed E-state index contributed by atoms with van der Waals surface area (Å²) in [5.74, 6) is -0.0831. The molecule has 0 radical (unpaired) electrons. The number of benzene rings is 1. The van der Waals surface area contributed by atoms with Crippen molar-refractivity contribution in [2.45, 2.75) is 11.8 Å². The van der Waals surface area contributed by atoms with Gasteiger partial charge >= 0.3 is 0 Å². The first kappa shape index (κ1) is 19.5. The zero-order valence-electron chi connectivity index (χ0n) is 14.6. The second-order valence-corrected chi connectivity index (χ2v) is 7.89. The van der Waals surface area contributed by atoms with Crippen LogP contribution in [0.3, 0.4) is 0 Å². The Balaban J connectivity index is 1.72. The molecule has 0 aliphatic carbocycles. The van der Waals surface area contributed by atoms with Gasteiger partial charge in [0.05, 0.1) is 25.2 Å². The molecular formula is C19H18N2O4S2. The predicted octanol–water partition coefficient (Wildman–Crippen LogP) is 3.80. The molecule has 8 heteroatoms. The molecule has 3 aromatic rings. The Hall–Kier alpha value is -2.29. The predicted molar refractivity (Wildman–Crippen MR) is 108 cm³/mol. The minimum atomic E-state index is -0.177. The van der Waals surface area contributed by atoms with Gasteiger partial charge in [0.15, 0.2) is 10.9 Å². The van der Waals surface area contributed by atoms with E-state index in [1.165, 1.54) is 18.9 Å². The Labute approximate surface area is 165 Å². The highest BCUT2D eigenvalue weighted by molar-refractivity contribution is 8.14. The highest BCUT2D eigenvalue weighted by atomic mass is 32.2. The van der Waals surface area contributed by atoms with Crippen molar-refractivity contribution in [2.75, 3.05) is 23.2 Å². The number of hydrogen-bond acceptors (Lipinski definition) is 8. The maximum atomic E-state index is 12.0. The molecule has 27 heavy (non-hydrogen) atoms. The van der Waals surface area contributed by atoms with Crippen molar-refractivity contribution in [3.63, 3.8) is 0 Å². The van der Waals surface area contributed by atoms with Gasteiger partial charge < -0.3 is 13.8 Å². The lowest BCUT2D eigenvalue weighted by Gasteiger charge is -2.22. The molecule has 0 aliphatic rings. The Morgan fingerprint density at radius 3 is 2.78 bits per heavy atom. The van der Waals surface area contributed by atoms with Crippen LogP contribution in [-0.4, -0.2) is 39.9 Å². The summed E-state index contributed by atoms with van der Waals surface area (Å²) in [7, 11) is 0. The van der Waals surface area contributed by atoms with Crippen LogP contribution < -0.4 is 4.31 Å². The number of ketones is 1. The fourth-order valence-electron chi connectivity index (χ4n) is 2.40. The van der Waals surface area contributed by atoms with Gasteiger partial charge in [-0.3, -0.25) is 14.6 Å². The number of aliphatic hydroxyl groups is 1. The first-order valence-corrected chi connectivity index (χ1v) is 9.99. The van der Waals surface area contributed by atoms with E-state index >= 15 is 0 Å². The van der Waals surface area contributed by atoms with Crippen LogP contribution in [0, 0.1) is 0 Å². The Kier molecular flexibility index (Phi) is 6.54. The lowest BCUT2D eigenvalue weighted by Crippen LogP contribution is -2.18. The fraction of sp³-hybridized carbons (Fsp3) is 0.211. The average Bonchev–Trinajstić information content (AvgIpc) is 3.14. The minimum Gasteiger partial charge on any atom is -0.464 e. The van der Waals surface area contributed by atoms with Crippen molar-refractivity contribution in [2.24, 2.45) is 0 Å². The molecule has 3 rings (SSSR count). The summed E-state index contributed by atoms with van der Waals surface area (Å²) in [5, 5.41) is 10.3. The van der Waals surface area contributed by atoms with Crippen LogP contribution in [0.4, 0.5) is 5.69 Å². The number of carbonyl (C=O) groups is 2. The number of rotatable bonds is 8. The molecule has 0 bridgehead atoms. The molecule has 0 atom stereocenters. The second-order valence-electron chi connectivity index (χ2n) is 5.64. The van der Waals surface area contributed by atoms with Crippen LogP contribution in [0.15, 0.2) is 58.2 Å². The van der Waals surface area contributed by atoms with Crippen LogP contribution in [0.1, 0.15) is 17.4 Å². The topological polar surface area (TPSA) is 83.6 Å². The van der Waals surface area contributed by atoms with E-state index in [2.05, 4.69) is 4.98 Å². The molecule has 0 unspecified atom stereocenters. The molecular weight excluding hydrogens is 384 g/mol. The normalized spacial score (nSPS) is 10.9. The number of anilines is 1. The fourth-order valence-corrected chi connectivity index (χ4v) is 3.75. The highest BCUT2D eigenvalue weighted by Crippen LogP contribution is 2.31. The van der Waals surface area contributed by atoms with E-state index in [1.54, 1.807) is 18.5 Å². The number of nitrogens with zero attached hydrogens (tertiary/aromatic N) is 2. The molecule has 0 fully saturated rings. The summed E-state index contributed by atoms with van der Waals surface area (Å²) in [6.45, 7) is 1.87. The summed E-state index contributed by atoms with van der Waals surface area (Å²) < 4.78 is 7.32. The third-order valence-corrected chi connectivity index (χ3v) is 5.55. The third-order valence-electron chi connectivity index (χ3n) is 3.67. The van der Waals surface area contributed by atoms with Gasteiger partial charge in [0.1, 0.15) is 11.3 Å². The molecule has 0 aliphatic heterocycles. The smallest absolute Gasteiger partial charge is 0.191 e. The summed E-state index contributed by atoms with van der Waals surface area (Å²) in [5.41, 5.74) is 2.07. The van der Waals surface area contributed by atoms with Crippen molar-refractivity contribution >= 4 is 51.3 Å². The van der Waals surface area contributed by atoms with E-state index in [-0.39, 0.29) is 23.3 Å². The largest absolute Gasteiger partial charge is 0.464 e. The number of fused-ring (bicyclic) bond motifs is 1. The summed E-state index contributed by atoms with van der Waals surface area (Å²) in [4.78, 5) is 28.0. The van der Waals surface area contributed by atoms with Gasteiger partial charge in [-0.05, 0) is 48.3 Å². The molecule has 0 saturated heterocycles. The van der Waals surface area contributed by atoms with Crippen molar-refractivity contribution in [1.29, 1.82) is 0 Å². The lowest BCUT2D eigenvalue weighted by atomic mass is 10.2. The van der Waals surface area contributed by atoms with Crippen molar-refractivity contribution in [3.8, 4) is 0 Å². The van der Waals surface area contributed by atoms with Crippen LogP contribution in [-0.2, 0) is 4.79 Å². The van der Waals surface area contributed by atoms with E-state index in [1.807, 2.05) is 34.6 Å². The molecule has 1 aromatic carbocycles. The van der Waals surface area contributed by atoms with E-state index in [4.69, 9.17) is 4.42 Å². The van der Waals surface area contributed by atoms with Gasteiger partial charge in [-0.25, -0.2) is 0 Å². The second kappa shape index (κ2) is 9.07. The maximum Gasteiger partial charge on any atom is 0.191 e. The van der Waals surface area contributed by atoms with Crippen LogP contribution in [0.2, 0.25) is 0 Å². The van der Waals surface area contributed by atoms with Crippen molar-refractivity contribution < 1.29 is 19.1 Å². The molecule has 1 N–H and O–H groups in total. The van der Waals surface area contributed by atoms with Crippen LogP contribution in [0.5, 0.6) is 0 Å². The highest BCUT2D eigenvalue weighted by Gasteiger charge is 2.13. The Bertz CT molecular complexity index is 940. The summed E-state index contributed by atoms with van der Waals surface area (Å²) in [6.07, 6.45) is 3.26. The molecule has 2 aromatic heterocycles. The number of aliphatic hydroxyl groups excluding tert-OH is 1. The molecule has 0 spiro atoms. The summed E-state index contributed by atoms with van der Waals surface area (Å²) >= 11 is 2.40. The van der Waals surface area contributed by atoms with Gasteiger partial charge in [0.2, 0.25) is 0 Å². The Morgan fingerprint density at radius 2 is 2.07 bits per heavy atom. The van der Waals surface area contributed by atoms with Crippen LogP contribution in [0.25, 0.3) is 11.0 Å². The van der Waals surface area contributed by atoms with E-state index < -0.39 is 0 Å². The first-order valence-electron chi connectivity index (χ1n) is 8.23. The Morgan fingerprint density at radius 1 is 1.22 bits per heavy atom. The number of hydrogen-bond donors (Lipinski definition) is 1. The van der Waals surface area contributed by atoms with Crippen LogP contribution >= 0.6 is 23.7 Å². The SMILES string of the molecule is CC(=O)SCC(=O)c1ccc(SN(CCO)c2ccc3occc3c2)cn1. The van der Waals surface area contributed by atoms with E-state index in [0.717, 1.165) is 33.3 Å². The molecule has 0 amide bonds. The van der Waals surface area contributed by atoms with Gasteiger partial charge in [0, 0.05) is 29.1 Å². The number of Topliss-reactive ketones (excluding diaryl/α,β-unsaturated/α-hetero) is 1. The zero-order valence-corrected chi connectivity index (χ0v) is 16.3. The van der Waals surface area contributed by atoms with E-state index in [0.29, 0.717) is 12.2 Å². The van der Waals surface area contributed by atoms with Gasteiger partial charge in [-0.15, -0.1) is 0 Å². The number of thioether (sulfide) groups is 1. The van der Waals surface area contributed by atoms with Gasteiger partial charge in [-0.1, -0.05) is 11.8 Å². The average molecular weight is 402 g/mol. The number of carbonyl (C=O) groups excluding carboxylic acids is 2. The monoisotopic (exact) mass is 402 g/mol. The molecule has 0 saturated carbocycles. The van der Waals surface area contributed by atoms with Crippen molar-refractivity contribution in [3.05, 3.63) is 54.6 Å². The standard InChI is InChI=1S/C19H18N2O4S2/c1-13(23)26-12-18(24)17-4-3-16(11-20-17)27-21(7-8-22)15-2-5-19-14(10-15)6-9-25-19/h2-6,9-11,22H,7-8,12H2,1H3. The number of pyridine rings is 1. The third kappa shape index (κ3) is 5.12. The first-order chi connectivity index (χ1) is 13.1. The quantitative estimate of drug-likeness (QED) is 0.450. The lowest BCUT2D eigenvalue weighted by molar-refractivity contribution is -0.109.